The number of rotatable bonds is 2. The number of imidazole rings is 1. The minimum Gasteiger partial charge on any atom is -0.325 e. The van der Waals surface area contributed by atoms with Gasteiger partial charge in [-0.15, -0.1) is 0 Å². The molecule has 0 spiro atoms. The van der Waals surface area contributed by atoms with E-state index in [0.29, 0.717) is 6.54 Å². The van der Waals surface area contributed by atoms with E-state index in [2.05, 4.69) is 43.0 Å². The normalized spacial score (nSPS) is 11.4. The first-order chi connectivity index (χ1) is 9.08. The van der Waals surface area contributed by atoms with Crippen molar-refractivity contribution in [2.45, 2.75) is 27.3 Å². The largest absolute Gasteiger partial charge is 0.325 e. The zero-order valence-corrected chi connectivity index (χ0v) is 12.1. The molecule has 2 aromatic heterocycles. The van der Waals surface area contributed by atoms with Crippen LogP contribution in [0.3, 0.4) is 0 Å². The Hall–Kier alpha value is -1.72. The zero-order valence-electron chi connectivity index (χ0n) is 11.3. The van der Waals surface area contributed by atoms with E-state index in [9.17, 15) is 0 Å². The van der Waals surface area contributed by atoms with Gasteiger partial charge in [0.2, 0.25) is 4.96 Å². The van der Waals surface area contributed by atoms with Crippen molar-refractivity contribution in [2.24, 2.45) is 5.73 Å². The van der Waals surface area contributed by atoms with Crippen LogP contribution in [0.4, 0.5) is 0 Å². The topological polar surface area (TPSA) is 56.2 Å². The van der Waals surface area contributed by atoms with E-state index < -0.39 is 0 Å². The first-order valence-corrected chi connectivity index (χ1v) is 7.03. The average molecular weight is 272 g/mol. The Morgan fingerprint density at radius 1 is 1.21 bits per heavy atom. The lowest BCUT2D eigenvalue weighted by Gasteiger charge is -2.07. The molecule has 0 aliphatic rings. The van der Waals surface area contributed by atoms with Crippen molar-refractivity contribution < 1.29 is 0 Å². The third kappa shape index (κ3) is 2.05. The van der Waals surface area contributed by atoms with E-state index in [0.717, 1.165) is 15.7 Å². The van der Waals surface area contributed by atoms with E-state index in [1.165, 1.54) is 22.3 Å². The zero-order chi connectivity index (χ0) is 13.6. The number of aromatic nitrogens is 3. The van der Waals surface area contributed by atoms with Gasteiger partial charge in [0.1, 0.15) is 5.01 Å². The van der Waals surface area contributed by atoms with Crippen LogP contribution in [0.2, 0.25) is 0 Å². The SMILES string of the molecule is Cc1cc(C)c(-c2nn3cc(CN)nc3s2)c(C)c1. The molecule has 0 fully saturated rings. The number of nitrogens with two attached hydrogens (primary N) is 1. The monoisotopic (exact) mass is 272 g/mol. The molecule has 0 atom stereocenters. The standard InChI is InChI=1S/C14H16N4S/c1-8-4-9(2)12(10(3)5-8)13-17-18-7-11(6-15)16-14(18)19-13/h4-5,7H,6,15H2,1-3H3. The van der Waals surface area contributed by atoms with Gasteiger partial charge < -0.3 is 5.73 Å². The Morgan fingerprint density at radius 3 is 2.47 bits per heavy atom. The second-order valence-electron chi connectivity index (χ2n) is 4.84. The molecule has 0 amide bonds. The average Bonchev–Trinajstić information content (AvgIpc) is 2.84. The Labute approximate surface area is 115 Å². The number of benzene rings is 1. The van der Waals surface area contributed by atoms with Crippen molar-refractivity contribution in [1.82, 2.24) is 14.6 Å². The van der Waals surface area contributed by atoms with Crippen LogP contribution < -0.4 is 5.73 Å². The van der Waals surface area contributed by atoms with Crippen molar-refractivity contribution in [2.75, 3.05) is 0 Å². The first-order valence-electron chi connectivity index (χ1n) is 6.22. The lowest BCUT2D eigenvalue weighted by molar-refractivity contribution is 0.958. The summed E-state index contributed by atoms with van der Waals surface area (Å²) in [6, 6.07) is 4.38. The number of nitrogens with zero attached hydrogens (tertiary/aromatic N) is 3. The molecule has 2 heterocycles. The van der Waals surface area contributed by atoms with Gasteiger partial charge in [-0.1, -0.05) is 29.0 Å². The van der Waals surface area contributed by atoms with Crippen LogP contribution in [-0.4, -0.2) is 14.6 Å². The highest BCUT2D eigenvalue weighted by molar-refractivity contribution is 7.19. The van der Waals surface area contributed by atoms with Gasteiger partial charge in [0.05, 0.1) is 11.9 Å². The summed E-state index contributed by atoms with van der Waals surface area (Å²) in [5, 5.41) is 5.63. The molecule has 3 aromatic rings. The Morgan fingerprint density at radius 2 is 1.89 bits per heavy atom. The summed E-state index contributed by atoms with van der Waals surface area (Å²) in [5.41, 5.74) is 11.5. The smallest absolute Gasteiger partial charge is 0.212 e. The fraction of sp³-hybridized carbons (Fsp3) is 0.286. The molecule has 0 radical (unpaired) electrons. The van der Waals surface area contributed by atoms with Crippen LogP contribution in [0.15, 0.2) is 18.3 Å². The number of aryl methyl sites for hydroxylation is 3. The highest BCUT2D eigenvalue weighted by atomic mass is 32.1. The molecule has 98 valence electrons. The highest BCUT2D eigenvalue weighted by Crippen LogP contribution is 2.31. The third-order valence-corrected chi connectivity index (χ3v) is 4.13. The van der Waals surface area contributed by atoms with E-state index in [1.54, 1.807) is 11.3 Å². The summed E-state index contributed by atoms with van der Waals surface area (Å²) in [4.78, 5) is 5.35. The Bertz CT molecular complexity index is 699. The predicted octanol–water partition coefficient (Wildman–Crippen LogP) is 2.84. The third-order valence-electron chi connectivity index (χ3n) is 3.19. The van der Waals surface area contributed by atoms with Gasteiger partial charge in [-0.2, -0.15) is 5.10 Å². The Balaban J connectivity index is 2.16. The van der Waals surface area contributed by atoms with E-state index >= 15 is 0 Å². The highest BCUT2D eigenvalue weighted by Gasteiger charge is 2.13. The first kappa shape index (κ1) is 12.3. The van der Waals surface area contributed by atoms with Crippen LogP contribution in [-0.2, 0) is 6.54 Å². The van der Waals surface area contributed by atoms with E-state index in [4.69, 9.17) is 5.73 Å². The molecule has 0 unspecified atom stereocenters. The quantitative estimate of drug-likeness (QED) is 0.780. The molecule has 5 heteroatoms. The van der Waals surface area contributed by atoms with Crippen molar-refractivity contribution in [1.29, 1.82) is 0 Å². The maximum Gasteiger partial charge on any atom is 0.212 e. The molecule has 0 bridgehead atoms. The van der Waals surface area contributed by atoms with Gasteiger partial charge in [-0.05, 0) is 31.9 Å². The second-order valence-corrected chi connectivity index (χ2v) is 5.80. The summed E-state index contributed by atoms with van der Waals surface area (Å²) >= 11 is 1.61. The maximum absolute atomic E-state index is 5.59. The number of fused-ring (bicyclic) bond motifs is 1. The second kappa shape index (κ2) is 4.43. The minimum atomic E-state index is 0.452. The van der Waals surface area contributed by atoms with Gasteiger partial charge in [-0.3, -0.25) is 0 Å². The van der Waals surface area contributed by atoms with Gasteiger partial charge in [0, 0.05) is 12.1 Å². The molecule has 0 saturated carbocycles. The summed E-state index contributed by atoms with van der Waals surface area (Å²) in [6.07, 6.45) is 1.90. The van der Waals surface area contributed by atoms with E-state index in [-0.39, 0.29) is 0 Å². The molecular formula is C14H16N4S. The minimum absolute atomic E-state index is 0.452. The van der Waals surface area contributed by atoms with Gasteiger partial charge in [-0.25, -0.2) is 9.50 Å². The number of hydrogen-bond donors (Lipinski definition) is 1. The number of hydrogen-bond acceptors (Lipinski definition) is 4. The lowest BCUT2D eigenvalue weighted by Crippen LogP contribution is -1.95. The predicted molar refractivity (Wildman–Crippen MR) is 78.4 cm³/mol. The van der Waals surface area contributed by atoms with Crippen molar-refractivity contribution in [3.8, 4) is 10.6 Å². The van der Waals surface area contributed by atoms with Crippen molar-refractivity contribution in [3.63, 3.8) is 0 Å². The molecule has 4 nitrogen and oxygen atoms in total. The van der Waals surface area contributed by atoms with Crippen molar-refractivity contribution >= 4 is 16.3 Å². The van der Waals surface area contributed by atoms with Gasteiger partial charge in [0.25, 0.3) is 0 Å². The lowest BCUT2D eigenvalue weighted by atomic mass is 10.0. The van der Waals surface area contributed by atoms with Crippen LogP contribution >= 0.6 is 11.3 Å². The van der Waals surface area contributed by atoms with Crippen LogP contribution in [0, 0.1) is 20.8 Å². The fourth-order valence-corrected chi connectivity index (χ4v) is 3.54. The van der Waals surface area contributed by atoms with E-state index in [1.807, 2.05) is 10.7 Å². The Kier molecular flexibility index (Phi) is 2.88. The van der Waals surface area contributed by atoms with Gasteiger partial charge in [0.15, 0.2) is 0 Å². The van der Waals surface area contributed by atoms with Crippen LogP contribution in [0.5, 0.6) is 0 Å². The molecule has 3 rings (SSSR count). The molecular weight excluding hydrogens is 256 g/mol. The summed E-state index contributed by atoms with van der Waals surface area (Å²) in [5.74, 6) is 0. The molecule has 2 N–H and O–H groups in total. The maximum atomic E-state index is 5.59. The van der Waals surface area contributed by atoms with Crippen LogP contribution in [0.25, 0.3) is 15.5 Å². The van der Waals surface area contributed by atoms with Crippen molar-refractivity contribution in [3.05, 3.63) is 40.7 Å². The summed E-state index contributed by atoms with van der Waals surface area (Å²) in [6.45, 7) is 6.83. The summed E-state index contributed by atoms with van der Waals surface area (Å²) < 4.78 is 1.82. The molecule has 0 aliphatic heterocycles. The fourth-order valence-electron chi connectivity index (χ4n) is 2.46. The molecule has 0 saturated heterocycles. The van der Waals surface area contributed by atoms with Gasteiger partial charge >= 0.3 is 0 Å². The molecule has 0 aliphatic carbocycles. The summed E-state index contributed by atoms with van der Waals surface area (Å²) in [7, 11) is 0. The molecule has 19 heavy (non-hydrogen) atoms. The molecule has 1 aromatic carbocycles. The van der Waals surface area contributed by atoms with Crippen LogP contribution in [0.1, 0.15) is 22.4 Å².